The van der Waals surface area contributed by atoms with Crippen molar-refractivity contribution < 1.29 is 22.7 Å². The Hall–Kier alpha value is -1.14. The molecule has 1 aromatic rings. The van der Waals surface area contributed by atoms with E-state index in [1.807, 2.05) is 0 Å². The highest BCUT2D eigenvalue weighted by atomic mass is 19.4. The normalized spacial score (nSPS) is 15.7. The zero-order valence-electron chi connectivity index (χ0n) is 9.18. The predicted octanol–water partition coefficient (Wildman–Crippen LogP) is 2.10. The number of rotatable bonds is 3. The summed E-state index contributed by atoms with van der Waals surface area (Å²) in [6.07, 6.45) is -4.69. The molecule has 0 aliphatic carbocycles. The fourth-order valence-electron chi connectivity index (χ4n) is 1.38. The smallest absolute Gasteiger partial charge is 0.394 e. The molecule has 0 fully saturated rings. The first-order valence-corrected chi connectivity index (χ1v) is 4.91. The lowest BCUT2D eigenvalue weighted by atomic mass is 9.93. The molecule has 0 aliphatic heterocycles. The van der Waals surface area contributed by atoms with Crippen molar-refractivity contribution >= 4 is 0 Å². The van der Waals surface area contributed by atoms with Crippen molar-refractivity contribution in [1.29, 1.82) is 0 Å². The van der Waals surface area contributed by atoms with Crippen LogP contribution in [0.15, 0.2) is 18.2 Å². The highest BCUT2D eigenvalue weighted by Crippen LogP contribution is 2.31. The van der Waals surface area contributed by atoms with Crippen LogP contribution < -0.4 is 5.73 Å². The van der Waals surface area contributed by atoms with Gasteiger partial charge in [-0.2, -0.15) is 13.2 Å². The van der Waals surface area contributed by atoms with E-state index in [1.165, 1.54) is 6.92 Å². The molecule has 0 bridgehead atoms. The maximum atomic E-state index is 13.3. The summed E-state index contributed by atoms with van der Waals surface area (Å²) in [6, 6.07) is 2.15. The second-order valence-electron chi connectivity index (χ2n) is 4.29. The minimum atomic E-state index is -4.52. The van der Waals surface area contributed by atoms with E-state index in [0.717, 1.165) is 12.1 Å². The van der Waals surface area contributed by atoms with E-state index in [9.17, 15) is 17.6 Å². The van der Waals surface area contributed by atoms with E-state index in [-0.39, 0.29) is 12.0 Å². The van der Waals surface area contributed by atoms with Gasteiger partial charge in [0.2, 0.25) is 0 Å². The Balaban J connectivity index is 3.08. The van der Waals surface area contributed by atoms with Gasteiger partial charge in [-0.3, -0.25) is 0 Å². The third kappa shape index (κ3) is 3.67. The molecule has 0 saturated carbocycles. The quantitative estimate of drug-likeness (QED) is 0.808. The van der Waals surface area contributed by atoms with Gasteiger partial charge >= 0.3 is 6.18 Å². The SMILES string of the molecule is CC(N)(CO)Cc1cc(C(F)(F)F)ccc1F. The zero-order valence-corrected chi connectivity index (χ0v) is 9.18. The highest BCUT2D eigenvalue weighted by molar-refractivity contribution is 5.28. The third-order valence-electron chi connectivity index (χ3n) is 2.33. The molecule has 0 heterocycles. The van der Waals surface area contributed by atoms with Crippen molar-refractivity contribution in [2.45, 2.75) is 25.1 Å². The summed E-state index contributed by atoms with van der Waals surface area (Å²) >= 11 is 0. The van der Waals surface area contributed by atoms with E-state index >= 15 is 0 Å². The Kier molecular flexibility index (Phi) is 3.78. The summed E-state index contributed by atoms with van der Waals surface area (Å²) in [6.45, 7) is 0.995. The first-order chi connectivity index (χ1) is 7.65. The van der Waals surface area contributed by atoms with Gasteiger partial charge in [0.15, 0.2) is 0 Å². The molecule has 1 rings (SSSR count). The molecule has 0 spiro atoms. The molecule has 17 heavy (non-hydrogen) atoms. The van der Waals surface area contributed by atoms with Crippen LogP contribution in [0.25, 0.3) is 0 Å². The van der Waals surface area contributed by atoms with E-state index in [4.69, 9.17) is 10.8 Å². The lowest BCUT2D eigenvalue weighted by Crippen LogP contribution is -2.42. The first kappa shape index (κ1) is 13.9. The van der Waals surface area contributed by atoms with Crippen LogP contribution in [0.1, 0.15) is 18.1 Å². The molecule has 0 saturated heterocycles. The van der Waals surface area contributed by atoms with Crippen LogP contribution in [0, 0.1) is 5.82 Å². The van der Waals surface area contributed by atoms with Gasteiger partial charge in [-0.15, -0.1) is 0 Å². The van der Waals surface area contributed by atoms with Crippen molar-refractivity contribution in [3.8, 4) is 0 Å². The van der Waals surface area contributed by atoms with Gasteiger partial charge in [0.25, 0.3) is 0 Å². The van der Waals surface area contributed by atoms with Crippen LogP contribution in [0.5, 0.6) is 0 Å². The molecule has 0 amide bonds. The number of hydrogen-bond acceptors (Lipinski definition) is 2. The number of halogens is 4. The number of hydrogen-bond donors (Lipinski definition) is 2. The van der Waals surface area contributed by atoms with Crippen molar-refractivity contribution in [2.75, 3.05) is 6.61 Å². The van der Waals surface area contributed by atoms with Crippen molar-refractivity contribution in [1.82, 2.24) is 0 Å². The number of nitrogens with two attached hydrogens (primary N) is 1. The molecular weight excluding hydrogens is 238 g/mol. The average Bonchev–Trinajstić information content (AvgIpc) is 2.19. The summed E-state index contributed by atoms with van der Waals surface area (Å²) in [5.41, 5.74) is 3.35. The topological polar surface area (TPSA) is 46.2 Å². The Morgan fingerprint density at radius 2 is 1.88 bits per heavy atom. The van der Waals surface area contributed by atoms with E-state index in [0.29, 0.717) is 6.07 Å². The molecule has 1 unspecified atom stereocenters. The van der Waals surface area contributed by atoms with Gasteiger partial charge in [0, 0.05) is 5.54 Å². The summed E-state index contributed by atoms with van der Waals surface area (Å²) in [5, 5.41) is 8.91. The maximum absolute atomic E-state index is 13.3. The van der Waals surface area contributed by atoms with Crippen molar-refractivity contribution in [3.63, 3.8) is 0 Å². The van der Waals surface area contributed by atoms with Gasteiger partial charge < -0.3 is 10.8 Å². The number of aliphatic hydroxyl groups is 1. The van der Waals surface area contributed by atoms with Crippen LogP contribution in [0.2, 0.25) is 0 Å². The molecule has 0 radical (unpaired) electrons. The highest BCUT2D eigenvalue weighted by Gasteiger charge is 2.31. The minimum absolute atomic E-state index is 0.154. The van der Waals surface area contributed by atoms with Crippen molar-refractivity contribution in [3.05, 3.63) is 35.1 Å². The molecule has 0 aliphatic rings. The molecule has 1 aromatic carbocycles. The molecule has 6 heteroatoms. The van der Waals surface area contributed by atoms with Gasteiger partial charge in [0.1, 0.15) is 5.82 Å². The number of benzene rings is 1. The van der Waals surface area contributed by atoms with Crippen LogP contribution in [-0.2, 0) is 12.6 Å². The van der Waals surface area contributed by atoms with Gasteiger partial charge in [-0.1, -0.05) is 0 Å². The number of aliphatic hydroxyl groups excluding tert-OH is 1. The van der Waals surface area contributed by atoms with Gasteiger partial charge in [-0.05, 0) is 37.1 Å². The lowest BCUT2D eigenvalue weighted by molar-refractivity contribution is -0.137. The maximum Gasteiger partial charge on any atom is 0.416 e. The molecule has 3 N–H and O–H groups in total. The minimum Gasteiger partial charge on any atom is -0.394 e. The van der Waals surface area contributed by atoms with Crippen molar-refractivity contribution in [2.24, 2.45) is 5.73 Å². The Morgan fingerprint density at radius 3 is 2.35 bits per heavy atom. The average molecular weight is 251 g/mol. The molecule has 96 valence electrons. The second kappa shape index (κ2) is 4.62. The molecular formula is C11H13F4NO. The fourth-order valence-corrected chi connectivity index (χ4v) is 1.38. The van der Waals surface area contributed by atoms with Gasteiger partial charge in [-0.25, -0.2) is 4.39 Å². The fraction of sp³-hybridized carbons (Fsp3) is 0.455. The largest absolute Gasteiger partial charge is 0.416 e. The summed E-state index contributed by atoms with van der Waals surface area (Å²) in [7, 11) is 0. The van der Waals surface area contributed by atoms with E-state index < -0.39 is 29.7 Å². The monoisotopic (exact) mass is 251 g/mol. The predicted molar refractivity (Wildman–Crippen MR) is 54.8 cm³/mol. The second-order valence-corrected chi connectivity index (χ2v) is 4.29. The standard InChI is InChI=1S/C11H13F4NO/c1-10(16,6-17)5-7-4-8(11(13,14)15)2-3-9(7)12/h2-4,17H,5-6,16H2,1H3. The third-order valence-corrected chi connectivity index (χ3v) is 2.33. The Morgan fingerprint density at radius 1 is 1.29 bits per heavy atom. The molecule has 0 aromatic heterocycles. The van der Waals surface area contributed by atoms with Crippen LogP contribution >= 0.6 is 0 Å². The van der Waals surface area contributed by atoms with Crippen LogP contribution in [0.4, 0.5) is 17.6 Å². The molecule has 1 atom stereocenters. The first-order valence-electron chi connectivity index (χ1n) is 4.91. The summed E-state index contributed by atoms with van der Waals surface area (Å²) < 4.78 is 50.6. The van der Waals surface area contributed by atoms with Gasteiger partial charge in [0.05, 0.1) is 12.2 Å². The Labute approximate surface area is 96.1 Å². The van der Waals surface area contributed by atoms with E-state index in [2.05, 4.69) is 0 Å². The summed E-state index contributed by atoms with van der Waals surface area (Å²) in [4.78, 5) is 0. The Bertz CT molecular complexity index is 401. The van der Waals surface area contributed by atoms with E-state index in [1.54, 1.807) is 0 Å². The number of alkyl halides is 3. The van der Waals surface area contributed by atoms with Crippen LogP contribution in [-0.4, -0.2) is 17.3 Å². The molecule has 2 nitrogen and oxygen atoms in total. The van der Waals surface area contributed by atoms with Crippen LogP contribution in [0.3, 0.4) is 0 Å². The zero-order chi connectivity index (χ0) is 13.3. The lowest BCUT2D eigenvalue weighted by Gasteiger charge is -2.22. The summed E-state index contributed by atoms with van der Waals surface area (Å²) in [5.74, 6) is -0.761.